The maximum absolute atomic E-state index is 12.9. The first-order valence-corrected chi connectivity index (χ1v) is 10.0. The number of ether oxygens (including phenoxy) is 1. The van der Waals surface area contributed by atoms with Gasteiger partial charge in [-0.1, -0.05) is 12.1 Å². The minimum atomic E-state index is -4.35. The van der Waals surface area contributed by atoms with Gasteiger partial charge in [0.05, 0.1) is 31.1 Å². The Labute approximate surface area is 174 Å². The van der Waals surface area contributed by atoms with Gasteiger partial charge >= 0.3 is 6.18 Å². The maximum Gasteiger partial charge on any atom is 0.416 e. The summed E-state index contributed by atoms with van der Waals surface area (Å²) in [4.78, 5) is 6.74. The molecule has 2 aromatic rings. The quantitative estimate of drug-likeness (QED) is 0.527. The summed E-state index contributed by atoms with van der Waals surface area (Å²) in [5.74, 6) is 1.37. The average Bonchev–Trinajstić information content (AvgIpc) is 3.26. The van der Waals surface area contributed by atoms with Crippen molar-refractivity contribution in [2.75, 3.05) is 39.4 Å². The molecule has 0 bridgehead atoms. The Bertz CT molecular complexity index is 786. The molecule has 1 unspecified atom stereocenters. The van der Waals surface area contributed by atoms with E-state index in [1.807, 2.05) is 19.1 Å². The number of nitrogens with zero attached hydrogens (tertiary/aromatic N) is 2. The topological polar surface area (TPSA) is 62.0 Å². The van der Waals surface area contributed by atoms with E-state index in [9.17, 15) is 13.2 Å². The molecule has 1 aromatic carbocycles. The molecule has 6 nitrogen and oxygen atoms in total. The molecule has 1 saturated heterocycles. The number of aliphatic imine (C=N–C) groups is 1. The number of halogens is 3. The van der Waals surface area contributed by atoms with Crippen molar-refractivity contribution in [2.24, 2.45) is 4.99 Å². The first-order valence-electron chi connectivity index (χ1n) is 10.0. The Kier molecular flexibility index (Phi) is 7.75. The Balaban J connectivity index is 1.73. The van der Waals surface area contributed by atoms with E-state index in [4.69, 9.17) is 9.15 Å². The van der Waals surface area contributed by atoms with Crippen LogP contribution < -0.4 is 10.6 Å². The molecule has 164 valence electrons. The highest BCUT2D eigenvalue weighted by Crippen LogP contribution is 2.31. The number of guanidine groups is 1. The maximum atomic E-state index is 12.9. The van der Waals surface area contributed by atoms with Crippen LogP contribution in [0.15, 0.2) is 52.1 Å². The normalized spacial score (nSPS) is 17.0. The fourth-order valence-corrected chi connectivity index (χ4v) is 3.34. The van der Waals surface area contributed by atoms with Crippen LogP contribution in [-0.2, 0) is 17.5 Å². The largest absolute Gasteiger partial charge is 0.467 e. The fourth-order valence-electron chi connectivity index (χ4n) is 3.34. The number of hydrogen-bond acceptors (Lipinski definition) is 4. The zero-order valence-corrected chi connectivity index (χ0v) is 16.9. The van der Waals surface area contributed by atoms with Gasteiger partial charge < -0.3 is 19.8 Å². The third-order valence-electron chi connectivity index (χ3n) is 4.89. The number of alkyl halides is 3. The summed E-state index contributed by atoms with van der Waals surface area (Å²) in [6.45, 7) is 6.18. The molecule has 1 atom stereocenters. The average molecular weight is 424 g/mol. The second-order valence-electron chi connectivity index (χ2n) is 6.94. The molecule has 0 radical (unpaired) electrons. The fraction of sp³-hybridized carbons (Fsp3) is 0.476. The van der Waals surface area contributed by atoms with Crippen molar-refractivity contribution in [2.45, 2.75) is 25.7 Å². The molecule has 0 aliphatic carbocycles. The van der Waals surface area contributed by atoms with E-state index < -0.39 is 11.7 Å². The van der Waals surface area contributed by atoms with E-state index in [1.165, 1.54) is 0 Å². The van der Waals surface area contributed by atoms with Crippen LogP contribution in [0.5, 0.6) is 0 Å². The van der Waals surface area contributed by atoms with Crippen LogP contribution in [0.3, 0.4) is 0 Å². The summed E-state index contributed by atoms with van der Waals surface area (Å²) in [6.07, 6.45) is -2.74. The van der Waals surface area contributed by atoms with Gasteiger partial charge in [0.2, 0.25) is 0 Å². The molecule has 2 heterocycles. The van der Waals surface area contributed by atoms with Crippen LogP contribution in [0.2, 0.25) is 0 Å². The van der Waals surface area contributed by atoms with Crippen LogP contribution in [0.4, 0.5) is 13.2 Å². The Hall–Kier alpha value is -2.52. The van der Waals surface area contributed by atoms with Crippen LogP contribution in [0.1, 0.15) is 29.9 Å². The van der Waals surface area contributed by atoms with E-state index in [0.717, 1.165) is 23.5 Å². The highest BCUT2D eigenvalue weighted by atomic mass is 19.4. The number of furan rings is 1. The lowest BCUT2D eigenvalue weighted by Gasteiger charge is -2.35. The highest BCUT2D eigenvalue weighted by Gasteiger charge is 2.31. The van der Waals surface area contributed by atoms with Gasteiger partial charge in [0, 0.05) is 26.2 Å². The van der Waals surface area contributed by atoms with Crippen LogP contribution in [0, 0.1) is 0 Å². The summed E-state index contributed by atoms with van der Waals surface area (Å²) >= 11 is 0. The summed E-state index contributed by atoms with van der Waals surface area (Å²) in [7, 11) is 0. The number of rotatable bonds is 7. The van der Waals surface area contributed by atoms with Crippen molar-refractivity contribution in [3.05, 3.63) is 59.5 Å². The Morgan fingerprint density at radius 2 is 1.87 bits per heavy atom. The van der Waals surface area contributed by atoms with E-state index >= 15 is 0 Å². The van der Waals surface area contributed by atoms with Crippen molar-refractivity contribution in [1.82, 2.24) is 15.5 Å². The number of benzene rings is 1. The molecule has 9 heteroatoms. The van der Waals surface area contributed by atoms with Crippen LogP contribution in [0.25, 0.3) is 0 Å². The first-order chi connectivity index (χ1) is 14.5. The molecule has 30 heavy (non-hydrogen) atoms. The smallest absolute Gasteiger partial charge is 0.416 e. The number of morpholine rings is 1. The summed E-state index contributed by atoms with van der Waals surface area (Å²) in [5.41, 5.74) is 0.174. The van der Waals surface area contributed by atoms with Gasteiger partial charge in [-0.2, -0.15) is 13.2 Å². The van der Waals surface area contributed by atoms with Crippen molar-refractivity contribution < 1.29 is 22.3 Å². The van der Waals surface area contributed by atoms with E-state index in [0.29, 0.717) is 51.9 Å². The molecule has 1 aliphatic heterocycles. The molecule has 0 spiro atoms. The SMILES string of the molecule is CCNC(=NCc1ccco1)NCC(c1ccc(C(F)(F)F)cc1)N1CCOCC1. The highest BCUT2D eigenvalue weighted by molar-refractivity contribution is 5.79. The monoisotopic (exact) mass is 424 g/mol. The lowest BCUT2D eigenvalue weighted by molar-refractivity contribution is -0.137. The van der Waals surface area contributed by atoms with Crippen molar-refractivity contribution in [3.63, 3.8) is 0 Å². The summed E-state index contributed by atoms with van der Waals surface area (Å²) in [5, 5.41) is 6.51. The number of nitrogens with one attached hydrogen (secondary N) is 2. The zero-order chi connectivity index (χ0) is 21.4. The van der Waals surface area contributed by atoms with Gasteiger partial charge in [-0.3, -0.25) is 4.90 Å². The molecule has 0 amide bonds. The third kappa shape index (κ3) is 6.24. The lowest BCUT2D eigenvalue weighted by Crippen LogP contribution is -2.46. The van der Waals surface area contributed by atoms with Gasteiger partial charge in [-0.05, 0) is 36.8 Å². The standard InChI is InChI=1S/C21H27F3N4O2/c1-2-25-20(26-14-18-4-3-11-30-18)27-15-19(28-9-12-29-13-10-28)16-5-7-17(8-6-16)21(22,23)24/h3-8,11,19H,2,9-10,12-15H2,1H3,(H2,25,26,27). The van der Waals surface area contributed by atoms with Crippen LogP contribution >= 0.6 is 0 Å². The second-order valence-corrected chi connectivity index (χ2v) is 6.94. The van der Waals surface area contributed by atoms with Crippen molar-refractivity contribution >= 4 is 5.96 Å². The predicted octanol–water partition coefficient (Wildman–Crippen LogP) is 3.43. The van der Waals surface area contributed by atoms with Crippen molar-refractivity contribution in [3.8, 4) is 0 Å². The van der Waals surface area contributed by atoms with Gasteiger partial charge in [0.25, 0.3) is 0 Å². The molecule has 1 fully saturated rings. The van der Waals surface area contributed by atoms with E-state index in [-0.39, 0.29) is 6.04 Å². The van der Waals surface area contributed by atoms with E-state index in [1.54, 1.807) is 18.4 Å². The predicted molar refractivity (Wildman–Crippen MR) is 108 cm³/mol. The molecule has 0 saturated carbocycles. The van der Waals surface area contributed by atoms with Gasteiger partial charge in [-0.25, -0.2) is 4.99 Å². The third-order valence-corrected chi connectivity index (χ3v) is 4.89. The molecule has 1 aromatic heterocycles. The van der Waals surface area contributed by atoms with Gasteiger partial charge in [-0.15, -0.1) is 0 Å². The molecular formula is C21H27F3N4O2. The number of hydrogen-bond donors (Lipinski definition) is 2. The van der Waals surface area contributed by atoms with E-state index in [2.05, 4.69) is 20.5 Å². The minimum Gasteiger partial charge on any atom is -0.467 e. The molecule has 1 aliphatic rings. The summed E-state index contributed by atoms with van der Waals surface area (Å²) in [6, 6.07) is 8.94. The lowest BCUT2D eigenvalue weighted by atomic mass is 10.0. The van der Waals surface area contributed by atoms with Crippen LogP contribution in [-0.4, -0.2) is 50.3 Å². The summed E-state index contributed by atoms with van der Waals surface area (Å²) < 4.78 is 49.6. The Morgan fingerprint density at radius 1 is 1.13 bits per heavy atom. The molecular weight excluding hydrogens is 397 g/mol. The second kappa shape index (κ2) is 10.5. The minimum absolute atomic E-state index is 0.108. The first kappa shape index (κ1) is 22.2. The van der Waals surface area contributed by atoms with Gasteiger partial charge in [0.15, 0.2) is 5.96 Å². The van der Waals surface area contributed by atoms with Gasteiger partial charge in [0.1, 0.15) is 12.3 Å². The molecule has 2 N–H and O–H groups in total. The Morgan fingerprint density at radius 3 is 2.47 bits per heavy atom. The molecule has 3 rings (SSSR count). The zero-order valence-electron chi connectivity index (χ0n) is 16.9. The van der Waals surface area contributed by atoms with Crippen molar-refractivity contribution in [1.29, 1.82) is 0 Å².